The summed E-state index contributed by atoms with van der Waals surface area (Å²) < 4.78 is 5.65. The van der Waals surface area contributed by atoms with Gasteiger partial charge in [-0.3, -0.25) is 14.6 Å². The minimum absolute atomic E-state index is 0.0666. The number of aryl methyl sites for hydroxylation is 1. The number of carbonyl (C=O) groups is 2. The van der Waals surface area contributed by atoms with Gasteiger partial charge in [0.05, 0.1) is 24.4 Å². The van der Waals surface area contributed by atoms with Gasteiger partial charge >= 0.3 is 0 Å². The minimum Gasteiger partial charge on any atom is -0.507 e. The number of pyridine rings is 1. The molecule has 3 aromatic rings. The maximum atomic E-state index is 13.1. The first-order chi connectivity index (χ1) is 15.1. The number of amides is 1. The number of fused-ring (bicyclic) bond motifs is 1. The summed E-state index contributed by atoms with van der Waals surface area (Å²) in [5, 5.41) is 13.1. The molecule has 5 rings (SSSR count). The van der Waals surface area contributed by atoms with Gasteiger partial charge in [-0.25, -0.2) is 0 Å². The first-order valence-corrected chi connectivity index (χ1v) is 11.0. The van der Waals surface area contributed by atoms with Crippen LogP contribution in [0.1, 0.15) is 34.2 Å². The maximum Gasteiger partial charge on any atom is 0.296 e. The fourth-order valence-electron chi connectivity index (χ4n) is 4.12. The van der Waals surface area contributed by atoms with Gasteiger partial charge in [-0.1, -0.05) is 12.1 Å². The molecule has 1 saturated heterocycles. The van der Waals surface area contributed by atoms with Crippen molar-refractivity contribution in [1.82, 2.24) is 9.88 Å². The maximum absolute atomic E-state index is 13.1. The third kappa shape index (κ3) is 3.51. The van der Waals surface area contributed by atoms with E-state index in [4.69, 9.17) is 4.74 Å². The van der Waals surface area contributed by atoms with Gasteiger partial charge in [0.1, 0.15) is 17.6 Å². The zero-order valence-corrected chi connectivity index (χ0v) is 17.5. The number of ether oxygens (including phenoxy) is 1. The van der Waals surface area contributed by atoms with Crippen LogP contribution in [-0.2, 0) is 22.6 Å². The van der Waals surface area contributed by atoms with Gasteiger partial charge in [0.15, 0.2) is 0 Å². The van der Waals surface area contributed by atoms with Crippen LogP contribution < -0.4 is 4.74 Å². The normalized spacial score (nSPS) is 19.9. The van der Waals surface area contributed by atoms with Gasteiger partial charge in [-0.05, 0) is 60.2 Å². The smallest absolute Gasteiger partial charge is 0.296 e. The van der Waals surface area contributed by atoms with Crippen LogP contribution in [0.2, 0.25) is 0 Å². The zero-order chi connectivity index (χ0) is 21.4. The average Bonchev–Trinajstić information content (AvgIpc) is 3.41. The van der Waals surface area contributed by atoms with E-state index in [0.29, 0.717) is 17.9 Å². The molecule has 2 aromatic heterocycles. The highest BCUT2D eigenvalue weighted by Gasteiger charge is 2.46. The average molecular weight is 433 g/mol. The Kier molecular flexibility index (Phi) is 5.03. The minimum atomic E-state index is -0.754. The number of aliphatic hydroxyl groups excluding tert-OH is 1. The fourth-order valence-corrected chi connectivity index (χ4v) is 4.82. The molecule has 0 aliphatic carbocycles. The number of Topliss-reactive ketones (excluding diaryl/α,β-unsaturated/α-hetero) is 1. The van der Waals surface area contributed by atoms with E-state index in [0.717, 1.165) is 29.0 Å². The summed E-state index contributed by atoms with van der Waals surface area (Å²) in [6, 6.07) is 13.8. The van der Waals surface area contributed by atoms with Crippen molar-refractivity contribution in [2.75, 3.05) is 6.61 Å². The summed E-state index contributed by atoms with van der Waals surface area (Å²) in [5.74, 6) is -0.719. The molecule has 0 radical (unpaired) electrons. The fraction of sp³-hybridized carbons (Fsp3) is 0.208. The van der Waals surface area contributed by atoms with Crippen molar-refractivity contribution >= 4 is 28.8 Å². The number of carbonyl (C=O) groups excluding carboxylic acids is 2. The second-order valence-electron chi connectivity index (χ2n) is 7.54. The second kappa shape index (κ2) is 8.00. The summed E-state index contributed by atoms with van der Waals surface area (Å²) in [4.78, 5) is 32.9. The van der Waals surface area contributed by atoms with Gasteiger partial charge in [0, 0.05) is 16.6 Å². The van der Waals surface area contributed by atoms with E-state index in [1.165, 1.54) is 16.2 Å². The van der Waals surface area contributed by atoms with Gasteiger partial charge < -0.3 is 14.7 Å². The first-order valence-electron chi connectivity index (χ1n) is 10.1. The Morgan fingerprint density at radius 2 is 2.10 bits per heavy atom. The number of hydrogen-bond donors (Lipinski definition) is 1. The molecule has 6 nitrogen and oxygen atoms in total. The SMILES string of the molecule is O=C1C(=O)N(Cc2cccs2)C(c2ccccn2)/C1=C(/O)c1ccc2c(c1)CCCO2. The van der Waals surface area contributed by atoms with Gasteiger partial charge in [0.2, 0.25) is 0 Å². The second-order valence-corrected chi connectivity index (χ2v) is 8.57. The van der Waals surface area contributed by atoms with E-state index < -0.39 is 17.7 Å². The van der Waals surface area contributed by atoms with Crippen molar-refractivity contribution in [3.63, 3.8) is 0 Å². The lowest BCUT2D eigenvalue weighted by Crippen LogP contribution is -2.29. The third-order valence-electron chi connectivity index (χ3n) is 5.60. The molecule has 4 heterocycles. The van der Waals surface area contributed by atoms with Crippen molar-refractivity contribution < 1.29 is 19.4 Å². The first kappa shape index (κ1) is 19.5. The molecular formula is C24H20N2O4S. The molecule has 2 aliphatic rings. The molecule has 0 saturated carbocycles. The number of aliphatic hydroxyl groups is 1. The van der Waals surface area contributed by atoms with Crippen LogP contribution in [0, 0.1) is 0 Å². The van der Waals surface area contributed by atoms with Crippen LogP contribution in [0.5, 0.6) is 5.75 Å². The molecule has 1 atom stereocenters. The standard InChI is InChI=1S/C24H20N2O4S/c27-22(16-8-9-19-15(13-16)5-3-11-30-19)20-21(18-7-1-2-10-25-18)26(24(29)23(20)28)14-17-6-4-12-31-17/h1-2,4,6-10,12-13,21,27H,3,5,11,14H2/b22-20-. The van der Waals surface area contributed by atoms with Crippen molar-refractivity contribution in [3.8, 4) is 5.75 Å². The molecule has 1 amide bonds. The number of nitrogens with zero attached hydrogens (tertiary/aromatic N) is 2. The molecule has 2 aliphatic heterocycles. The summed E-state index contributed by atoms with van der Waals surface area (Å²) in [5.41, 5.74) is 2.09. The van der Waals surface area contributed by atoms with E-state index >= 15 is 0 Å². The molecule has 31 heavy (non-hydrogen) atoms. The summed E-state index contributed by atoms with van der Waals surface area (Å²) in [6.45, 7) is 0.949. The van der Waals surface area contributed by atoms with Crippen molar-refractivity contribution in [2.45, 2.75) is 25.4 Å². The van der Waals surface area contributed by atoms with Gasteiger partial charge in [-0.15, -0.1) is 11.3 Å². The number of thiophene rings is 1. The topological polar surface area (TPSA) is 79.7 Å². The predicted molar refractivity (Wildman–Crippen MR) is 117 cm³/mol. The molecule has 0 spiro atoms. The van der Waals surface area contributed by atoms with E-state index in [1.807, 2.05) is 29.6 Å². The van der Waals surface area contributed by atoms with Gasteiger partial charge in [0.25, 0.3) is 11.7 Å². The molecule has 1 fully saturated rings. The van der Waals surface area contributed by atoms with Crippen molar-refractivity contribution in [3.05, 3.63) is 87.4 Å². The Morgan fingerprint density at radius 1 is 1.19 bits per heavy atom. The van der Waals surface area contributed by atoms with E-state index in [-0.39, 0.29) is 17.9 Å². The monoisotopic (exact) mass is 432 g/mol. The molecule has 0 bridgehead atoms. The molecule has 1 unspecified atom stereocenters. The van der Waals surface area contributed by atoms with E-state index in [9.17, 15) is 14.7 Å². The molecule has 1 N–H and O–H groups in total. The molecular weight excluding hydrogens is 412 g/mol. The summed E-state index contributed by atoms with van der Waals surface area (Å²) in [6.07, 6.45) is 3.36. The molecule has 1 aromatic carbocycles. The Labute approximate surface area is 183 Å². The number of hydrogen-bond acceptors (Lipinski definition) is 6. The largest absolute Gasteiger partial charge is 0.507 e. The van der Waals surface area contributed by atoms with Crippen LogP contribution >= 0.6 is 11.3 Å². The van der Waals surface area contributed by atoms with Crippen LogP contribution in [0.4, 0.5) is 0 Å². The number of rotatable bonds is 4. The Hall–Kier alpha value is -3.45. The Bertz CT molecular complexity index is 1170. The third-order valence-corrected chi connectivity index (χ3v) is 6.46. The number of ketones is 1. The molecule has 7 heteroatoms. The quantitative estimate of drug-likeness (QED) is 0.382. The Morgan fingerprint density at radius 3 is 2.87 bits per heavy atom. The predicted octanol–water partition coefficient (Wildman–Crippen LogP) is 4.09. The van der Waals surface area contributed by atoms with Gasteiger partial charge in [-0.2, -0.15) is 0 Å². The highest BCUT2D eigenvalue weighted by atomic mass is 32.1. The Balaban J connectivity index is 1.63. The lowest BCUT2D eigenvalue weighted by molar-refractivity contribution is -0.140. The summed E-state index contributed by atoms with van der Waals surface area (Å²) >= 11 is 1.51. The zero-order valence-electron chi connectivity index (χ0n) is 16.7. The number of benzene rings is 1. The van der Waals surface area contributed by atoms with Crippen LogP contribution in [0.25, 0.3) is 5.76 Å². The van der Waals surface area contributed by atoms with E-state index in [1.54, 1.807) is 30.5 Å². The van der Waals surface area contributed by atoms with Crippen LogP contribution in [0.3, 0.4) is 0 Å². The number of aromatic nitrogens is 1. The van der Waals surface area contributed by atoms with Crippen molar-refractivity contribution in [1.29, 1.82) is 0 Å². The number of likely N-dealkylation sites (tertiary alicyclic amines) is 1. The summed E-state index contributed by atoms with van der Waals surface area (Å²) in [7, 11) is 0. The van der Waals surface area contributed by atoms with Crippen LogP contribution in [0.15, 0.2) is 65.7 Å². The van der Waals surface area contributed by atoms with Crippen molar-refractivity contribution in [2.24, 2.45) is 0 Å². The lowest BCUT2D eigenvalue weighted by Gasteiger charge is -2.24. The van der Waals surface area contributed by atoms with E-state index in [2.05, 4.69) is 4.98 Å². The lowest BCUT2D eigenvalue weighted by atomic mass is 9.96. The molecule has 156 valence electrons. The van der Waals surface area contributed by atoms with Crippen LogP contribution in [-0.4, -0.2) is 33.3 Å². The highest BCUT2D eigenvalue weighted by molar-refractivity contribution is 7.09. The highest BCUT2D eigenvalue weighted by Crippen LogP contribution is 2.40.